The van der Waals surface area contributed by atoms with E-state index in [1.165, 1.54) is 18.4 Å². The molecule has 1 saturated carbocycles. The molecule has 1 heteroatoms. The Morgan fingerprint density at radius 2 is 2.33 bits per heavy atom. The summed E-state index contributed by atoms with van der Waals surface area (Å²) in [4.78, 5) is 0. The Balaban J connectivity index is 2.00. The van der Waals surface area contributed by atoms with Crippen LogP contribution in [0.25, 0.3) is 0 Å². The highest BCUT2D eigenvalue weighted by Crippen LogP contribution is 2.30. The predicted molar refractivity (Wildman–Crippen MR) is 63.3 cm³/mol. The first-order valence-corrected chi connectivity index (χ1v) is 5.65. The van der Waals surface area contributed by atoms with Gasteiger partial charge < -0.3 is 4.74 Å². The second-order valence-electron chi connectivity index (χ2n) is 4.35. The molecule has 1 aliphatic carbocycles. The molecule has 0 radical (unpaired) electrons. The summed E-state index contributed by atoms with van der Waals surface area (Å²) in [6.45, 7) is 6.84. The summed E-state index contributed by atoms with van der Waals surface area (Å²) in [5.74, 6) is 2.20. The minimum absolute atomic E-state index is 0.398. The van der Waals surface area contributed by atoms with Crippen molar-refractivity contribution in [2.24, 2.45) is 5.92 Å². The first-order valence-electron chi connectivity index (χ1n) is 5.65. The molecule has 1 aromatic carbocycles. The van der Waals surface area contributed by atoms with E-state index in [0.29, 0.717) is 5.92 Å². The number of ether oxygens (including phenoxy) is 1. The lowest BCUT2D eigenvalue weighted by Gasteiger charge is -2.09. The van der Waals surface area contributed by atoms with E-state index in [9.17, 15) is 0 Å². The Hall–Kier alpha value is -1.24. The molecule has 1 fully saturated rings. The van der Waals surface area contributed by atoms with Gasteiger partial charge >= 0.3 is 0 Å². The van der Waals surface area contributed by atoms with Crippen LogP contribution in [0.15, 0.2) is 36.9 Å². The highest BCUT2D eigenvalue weighted by Gasteiger charge is 2.21. The van der Waals surface area contributed by atoms with Gasteiger partial charge in [0.2, 0.25) is 0 Å². The lowest BCUT2D eigenvalue weighted by Crippen LogP contribution is -1.99. The Kier molecular flexibility index (Phi) is 3.10. The van der Waals surface area contributed by atoms with Crippen molar-refractivity contribution in [3.63, 3.8) is 0 Å². The van der Waals surface area contributed by atoms with E-state index in [2.05, 4.69) is 31.7 Å². The first kappa shape index (κ1) is 10.3. The molecular formula is C14H18O. The molecule has 0 saturated heterocycles. The summed E-state index contributed by atoms with van der Waals surface area (Å²) in [5.41, 5.74) is 1.28. The number of allylic oxidation sites excluding steroid dienone is 1. The lowest BCUT2D eigenvalue weighted by atomic mass is 10.0. The smallest absolute Gasteiger partial charge is 0.119 e. The molecule has 0 amide bonds. The van der Waals surface area contributed by atoms with Gasteiger partial charge in [-0.05, 0) is 42.4 Å². The van der Waals surface area contributed by atoms with E-state index in [-0.39, 0.29) is 0 Å². The zero-order chi connectivity index (χ0) is 10.7. The quantitative estimate of drug-likeness (QED) is 0.660. The summed E-state index contributed by atoms with van der Waals surface area (Å²) < 4.78 is 5.73. The third-order valence-electron chi connectivity index (χ3n) is 2.92. The van der Waals surface area contributed by atoms with Gasteiger partial charge in [0.1, 0.15) is 5.75 Å². The van der Waals surface area contributed by atoms with Gasteiger partial charge in [0.15, 0.2) is 0 Å². The molecule has 1 aliphatic rings. The molecule has 2 rings (SSSR count). The maximum Gasteiger partial charge on any atom is 0.119 e. The average Bonchev–Trinajstić information content (AvgIpc) is 3.09. The largest absolute Gasteiger partial charge is 0.493 e. The van der Waals surface area contributed by atoms with Crippen molar-refractivity contribution >= 4 is 0 Å². The molecule has 1 nitrogen and oxygen atoms in total. The second-order valence-corrected chi connectivity index (χ2v) is 4.35. The highest BCUT2D eigenvalue weighted by molar-refractivity contribution is 5.32. The average molecular weight is 202 g/mol. The summed E-state index contributed by atoms with van der Waals surface area (Å²) in [5, 5.41) is 0. The number of rotatable bonds is 5. The van der Waals surface area contributed by atoms with Crippen LogP contribution in [0.2, 0.25) is 0 Å². The third kappa shape index (κ3) is 2.85. The SMILES string of the molecule is C=CC(C)c1cccc(OCC2CC2)c1. The summed E-state index contributed by atoms with van der Waals surface area (Å²) >= 11 is 0. The van der Waals surface area contributed by atoms with Gasteiger partial charge in [-0.2, -0.15) is 0 Å². The highest BCUT2D eigenvalue weighted by atomic mass is 16.5. The van der Waals surface area contributed by atoms with Crippen molar-refractivity contribution in [2.75, 3.05) is 6.61 Å². The maximum absolute atomic E-state index is 5.73. The summed E-state index contributed by atoms with van der Waals surface area (Å²) in [6.07, 6.45) is 4.63. The van der Waals surface area contributed by atoms with Gasteiger partial charge in [0.25, 0.3) is 0 Å². The molecule has 0 spiro atoms. The lowest BCUT2D eigenvalue weighted by molar-refractivity contribution is 0.299. The third-order valence-corrected chi connectivity index (χ3v) is 2.92. The van der Waals surface area contributed by atoms with Gasteiger partial charge in [-0.15, -0.1) is 6.58 Å². The number of hydrogen-bond acceptors (Lipinski definition) is 1. The summed E-state index contributed by atoms with van der Waals surface area (Å²) in [7, 11) is 0. The van der Waals surface area contributed by atoms with Gasteiger partial charge in [-0.1, -0.05) is 25.1 Å². The van der Waals surface area contributed by atoms with Crippen LogP contribution >= 0.6 is 0 Å². The van der Waals surface area contributed by atoms with Gasteiger partial charge in [0.05, 0.1) is 6.61 Å². The van der Waals surface area contributed by atoms with Crippen LogP contribution in [0.3, 0.4) is 0 Å². The molecule has 1 atom stereocenters. The van der Waals surface area contributed by atoms with Crippen LogP contribution in [0.5, 0.6) is 5.75 Å². The fourth-order valence-corrected chi connectivity index (χ4v) is 1.52. The van der Waals surface area contributed by atoms with E-state index in [1.807, 2.05) is 12.1 Å². The van der Waals surface area contributed by atoms with E-state index in [0.717, 1.165) is 18.3 Å². The minimum Gasteiger partial charge on any atom is -0.493 e. The van der Waals surface area contributed by atoms with Crippen LogP contribution in [-0.4, -0.2) is 6.61 Å². The van der Waals surface area contributed by atoms with Gasteiger partial charge in [-0.3, -0.25) is 0 Å². The number of benzene rings is 1. The Labute approximate surface area is 91.8 Å². The molecule has 0 aliphatic heterocycles. The fraction of sp³-hybridized carbons (Fsp3) is 0.429. The van der Waals surface area contributed by atoms with Crippen LogP contribution < -0.4 is 4.74 Å². The van der Waals surface area contributed by atoms with Crippen molar-refractivity contribution in [2.45, 2.75) is 25.7 Å². The van der Waals surface area contributed by atoms with Crippen LogP contribution in [0.1, 0.15) is 31.2 Å². The molecular weight excluding hydrogens is 184 g/mol. The minimum atomic E-state index is 0.398. The van der Waals surface area contributed by atoms with Crippen LogP contribution in [0.4, 0.5) is 0 Å². The molecule has 0 N–H and O–H groups in total. The van der Waals surface area contributed by atoms with Crippen molar-refractivity contribution in [1.29, 1.82) is 0 Å². The normalized spacial score (nSPS) is 17.1. The molecule has 1 unspecified atom stereocenters. The topological polar surface area (TPSA) is 9.23 Å². The molecule has 0 bridgehead atoms. The molecule has 0 aromatic heterocycles. The summed E-state index contributed by atoms with van der Waals surface area (Å²) in [6, 6.07) is 8.32. The number of hydrogen-bond donors (Lipinski definition) is 0. The van der Waals surface area contributed by atoms with E-state index in [4.69, 9.17) is 4.74 Å². The van der Waals surface area contributed by atoms with E-state index >= 15 is 0 Å². The Morgan fingerprint density at radius 1 is 1.53 bits per heavy atom. The maximum atomic E-state index is 5.73. The molecule has 80 valence electrons. The standard InChI is InChI=1S/C14H18O/c1-3-11(2)13-5-4-6-14(9-13)15-10-12-7-8-12/h3-6,9,11-12H,1,7-8,10H2,2H3. The predicted octanol–water partition coefficient (Wildman–Crippen LogP) is 3.76. The van der Waals surface area contributed by atoms with Gasteiger partial charge in [0, 0.05) is 0 Å². The monoisotopic (exact) mass is 202 g/mol. The molecule has 15 heavy (non-hydrogen) atoms. The zero-order valence-electron chi connectivity index (χ0n) is 9.28. The van der Waals surface area contributed by atoms with Crippen molar-refractivity contribution < 1.29 is 4.74 Å². The van der Waals surface area contributed by atoms with Crippen molar-refractivity contribution in [3.8, 4) is 5.75 Å². The second kappa shape index (κ2) is 4.52. The first-order chi connectivity index (χ1) is 7.29. The molecule has 0 heterocycles. The van der Waals surface area contributed by atoms with E-state index in [1.54, 1.807) is 0 Å². The fourth-order valence-electron chi connectivity index (χ4n) is 1.52. The van der Waals surface area contributed by atoms with Crippen molar-refractivity contribution in [3.05, 3.63) is 42.5 Å². The zero-order valence-corrected chi connectivity index (χ0v) is 9.28. The molecule has 1 aromatic rings. The van der Waals surface area contributed by atoms with E-state index < -0.39 is 0 Å². The van der Waals surface area contributed by atoms with Gasteiger partial charge in [-0.25, -0.2) is 0 Å². The Bertz CT molecular complexity index is 339. The Morgan fingerprint density at radius 3 is 3.00 bits per heavy atom. The van der Waals surface area contributed by atoms with Crippen LogP contribution in [0, 0.1) is 5.92 Å². The van der Waals surface area contributed by atoms with Crippen LogP contribution in [-0.2, 0) is 0 Å². The van der Waals surface area contributed by atoms with Crippen molar-refractivity contribution in [1.82, 2.24) is 0 Å².